The minimum absolute atomic E-state index is 0.100. The van der Waals surface area contributed by atoms with Crippen molar-refractivity contribution in [3.05, 3.63) is 0 Å². The van der Waals surface area contributed by atoms with Gasteiger partial charge in [0.2, 0.25) is 6.10 Å². The summed E-state index contributed by atoms with van der Waals surface area (Å²) in [5.41, 5.74) is -1.31. The van der Waals surface area contributed by atoms with Crippen molar-refractivity contribution in [1.29, 1.82) is 0 Å². The second-order valence-corrected chi connectivity index (χ2v) is 4.87. The van der Waals surface area contributed by atoms with E-state index in [-0.39, 0.29) is 19.4 Å². The highest BCUT2D eigenvalue weighted by Gasteiger charge is 2.55. The van der Waals surface area contributed by atoms with Crippen LogP contribution in [-0.2, 0) is 28.7 Å². The molecule has 0 unspecified atom stereocenters. The van der Waals surface area contributed by atoms with Gasteiger partial charge >= 0.3 is 11.9 Å². The van der Waals surface area contributed by atoms with Crippen LogP contribution in [0, 0.1) is 5.41 Å². The van der Waals surface area contributed by atoms with Gasteiger partial charge in [-0.1, -0.05) is 0 Å². The van der Waals surface area contributed by atoms with Gasteiger partial charge < -0.3 is 9.47 Å². The summed E-state index contributed by atoms with van der Waals surface area (Å²) in [6.45, 7) is 1.83. The van der Waals surface area contributed by atoms with Gasteiger partial charge in [-0.15, -0.1) is 0 Å². The lowest BCUT2D eigenvalue weighted by Gasteiger charge is -2.36. The Morgan fingerprint density at radius 2 is 1.74 bits per heavy atom. The Balaban J connectivity index is 2.07. The van der Waals surface area contributed by atoms with Crippen molar-refractivity contribution in [3.8, 4) is 0 Å². The van der Waals surface area contributed by atoms with Crippen LogP contribution in [0.3, 0.4) is 0 Å². The van der Waals surface area contributed by atoms with Crippen molar-refractivity contribution < 1.29 is 28.7 Å². The lowest BCUT2D eigenvalue weighted by molar-refractivity contribution is -0.184. The van der Waals surface area contributed by atoms with Crippen LogP contribution >= 0.6 is 0 Å². The van der Waals surface area contributed by atoms with E-state index in [1.807, 2.05) is 0 Å². The lowest BCUT2D eigenvalue weighted by Crippen LogP contribution is -2.49. The number of rotatable bonds is 4. The summed E-state index contributed by atoms with van der Waals surface area (Å²) in [5.74, 6) is -2.21. The zero-order valence-corrected chi connectivity index (χ0v) is 10.8. The molecule has 0 atom stereocenters. The molecule has 2 aliphatic carbocycles. The Labute approximate surface area is 110 Å². The first kappa shape index (κ1) is 13.7. The van der Waals surface area contributed by atoms with Crippen molar-refractivity contribution in [2.75, 3.05) is 6.61 Å². The summed E-state index contributed by atoms with van der Waals surface area (Å²) < 4.78 is 9.85. The minimum atomic E-state index is -1.32. The van der Waals surface area contributed by atoms with Crippen LogP contribution in [0.5, 0.6) is 0 Å². The Morgan fingerprint density at radius 3 is 2.16 bits per heavy atom. The zero-order valence-electron chi connectivity index (χ0n) is 10.8. The van der Waals surface area contributed by atoms with Crippen LogP contribution in [0.2, 0.25) is 0 Å². The van der Waals surface area contributed by atoms with Crippen LogP contribution < -0.4 is 0 Å². The lowest BCUT2D eigenvalue weighted by atomic mass is 9.68. The van der Waals surface area contributed by atoms with Gasteiger partial charge in [-0.2, -0.15) is 0 Å². The average Bonchev–Trinajstić information content (AvgIpc) is 2.60. The van der Waals surface area contributed by atoms with Gasteiger partial charge in [-0.05, 0) is 26.2 Å². The zero-order chi connectivity index (χ0) is 14.0. The van der Waals surface area contributed by atoms with Crippen LogP contribution in [0.25, 0.3) is 0 Å². The van der Waals surface area contributed by atoms with Gasteiger partial charge in [0.25, 0.3) is 0 Å². The molecule has 6 heteroatoms. The van der Waals surface area contributed by atoms with E-state index in [2.05, 4.69) is 0 Å². The van der Waals surface area contributed by atoms with Gasteiger partial charge in [-0.3, -0.25) is 19.2 Å². The molecule has 2 saturated carbocycles. The SMILES string of the molecule is CCOC(=O)C1(C(=O)OC2C(=O)CCC2=O)CCC1. The second kappa shape index (κ2) is 5.11. The van der Waals surface area contributed by atoms with Crippen molar-refractivity contribution >= 4 is 23.5 Å². The third-order valence-corrected chi connectivity index (χ3v) is 3.69. The maximum Gasteiger partial charge on any atom is 0.324 e. The van der Waals surface area contributed by atoms with Crippen LogP contribution in [0.4, 0.5) is 0 Å². The molecule has 0 aromatic rings. The molecule has 0 spiro atoms. The fraction of sp³-hybridized carbons (Fsp3) is 0.692. The van der Waals surface area contributed by atoms with E-state index in [9.17, 15) is 19.2 Å². The third kappa shape index (κ3) is 2.27. The Kier molecular flexibility index (Phi) is 3.68. The quantitative estimate of drug-likeness (QED) is 0.547. The number of hydrogen-bond acceptors (Lipinski definition) is 6. The summed E-state index contributed by atoms with van der Waals surface area (Å²) >= 11 is 0. The third-order valence-electron chi connectivity index (χ3n) is 3.69. The number of carbonyl (C=O) groups excluding carboxylic acids is 4. The normalized spacial score (nSPS) is 21.9. The number of Topliss-reactive ketones (excluding diaryl/α,β-unsaturated/α-hetero) is 2. The Morgan fingerprint density at radius 1 is 1.16 bits per heavy atom. The standard InChI is InChI=1S/C13H16O6/c1-2-18-11(16)13(6-3-7-13)12(17)19-10-8(14)4-5-9(10)15/h10H,2-7H2,1H3. The van der Waals surface area contributed by atoms with Crippen molar-refractivity contribution in [3.63, 3.8) is 0 Å². The molecule has 0 radical (unpaired) electrons. The van der Waals surface area contributed by atoms with Crippen molar-refractivity contribution in [1.82, 2.24) is 0 Å². The van der Waals surface area contributed by atoms with Gasteiger partial charge in [0, 0.05) is 12.8 Å². The fourth-order valence-corrected chi connectivity index (χ4v) is 2.33. The minimum Gasteiger partial charge on any atom is -0.465 e. The van der Waals surface area contributed by atoms with E-state index in [0.29, 0.717) is 12.8 Å². The topological polar surface area (TPSA) is 86.7 Å². The van der Waals surface area contributed by atoms with E-state index in [1.165, 1.54) is 0 Å². The Hall–Kier alpha value is -1.72. The van der Waals surface area contributed by atoms with Crippen LogP contribution in [0.1, 0.15) is 39.0 Å². The molecule has 0 aliphatic heterocycles. The summed E-state index contributed by atoms with van der Waals surface area (Å²) in [5, 5.41) is 0. The highest BCUT2D eigenvalue weighted by atomic mass is 16.6. The molecule has 2 rings (SSSR count). The predicted octanol–water partition coefficient (Wildman–Crippen LogP) is 0.564. The molecule has 2 fully saturated rings. The van der Waals surface area contributed by atoms with Crippen molar-refractivity contribution in [2.24, 2.45) is 5.41 Å². The molecule has 19 heavy (non-hydrogen) atoms. The van der Waals surface area contributed by atoms with Crippen molar-refractivity contribution in [2.45, 2.75) is 45.1 Å². The number of ether oxygens (including phenoxy) is 2. The number of hydrogen-bond donors (Lipinski definition) is 0. The van der Waals surface area contributed by atoms with E-state index >= 15 is 0 Å². The second-order valence-electron chi connectivity index (χ2n) is 4.87. The first-order chi connectivity index (χ1) is 9.01. The predicted molar refractivity (Wildman–Crippen MR) is 62.0 cm³/mol. The summed E-state index contributed by atoms with van der Waals surface area (Å²) in [6, 6.07) is 0. The molecule has 0 aromatic carbocycles. The van der Waals surface area contributed by atoms with Crippen LogP contribution in [0.15, 0.2) is 0 Å². The average molecular weight is 268 g/mol. The summed E-state index contributed by atoms with van der Waals surface area (Å²) in [7, 11) is 0. The number of carbonyl (C=O) groups is 4. The number of esters is 2. The molecule has 0 N–H and O–H groups in total. The van der Waals surface area contributed by atoms with Gasteiger partial charge in [-0.25, -0.2) is 0 Å². The van der Waals surface area contributed by atoms with E-state index in [0.717, 1.165) is 6.42 Å². The van der Waals surface area contributed by atoms with Gasteiger partial charge in [0.05, 0.1) is 6.61 Å². The van der Waals surface area contributed by atoms with Gasteiger partial charge in [0.15, 0.2) is 17.0 Å². The molecule has 0 bridgehead atoms. The molecule has 0 saturated heterocycles. The highest BCUT2D eigenvalue weighted by molar-refractivity contribution is 6.13. The smallest absolute Gasteiger partial charge is 0.324 e. The number of ketones is 2. The van der Waals surface area contributed by atoms with E-state index in [1.54, 1.807) is 6.92 Å². The molecular formula is C13H16O6. The molecular weight excluding hydrogens is 252 g/mol. The molecule has 2 aliphatic rings. The largest absolute Gasteiger partial charge is 0.465 e. The summed E-state index contributed by atoms with van der Waals surface area (Å²) in [4.78, 5) is 46.8. The van der Waals surface area contributed by atoms with Gasteiger partial charge in [0.1, 0.15) is 0 Å². The van der Waals surface area contributed by atoms with E-state index < -0.39 is 35.0 Å². The maximum absolute atomic E-state index is 12.1. The van der Waals surface area contributed by atoms with E-state index in [4.69, 9.17) is 9.47 Å². The first-order valence-corrected chi connectivity index (χ1v) is 6.45. The monoisotopic (exact) mass is 268 g/mol. The highest BCUT2D eigenvalue weighted by Crippen LogP contribution is 2.43. The molecule has 0 aromatic heterocycles. The molecule has 0 heterocycles. The first-order valence-electron chi connectivity index (χ1n) is 6.45. The molecule has 6 nitrogen and oxygen atoms in total. The Bertz CT molecular complexity index is 418. The maximum atomic E-state index is 12.1. The molecule has 0 amide bonds. The fourth-order valence-electron chi connectivity index (χ4n) is 2.33. The van der Waals surface area contributed by atoms with Crippen LogP contribution in [-0.4, -0.2) is 36.2 Å². The summed E-state index contributed by atoms with van der Waals surface area (Å²) in [6.07, 6.45) is 0.297. The molecule has 104 valence electrons.